The van der Waals surface area contributed by atoms with Crippen LogP contribution in [0.3, 0.4) is 0 Å². The van der Waals surface area contributed by atoms with Crippen molar-refractivity contribution in [3.63, 3.8) is 0 Å². The molecule has 3 heterocycles. The molecular formula is C20H26N4O3. The minimum absolute atomic E-state index is 0.265. The smallest absolute Gasteiger partial charge is 0.247 e. The van der Waals surface area contributed by atoms with Crippen LogP contribution in [0.1, 0.15) is 38.0 Å². The van der Waals surface area contributed by atoms with E-state index in [9.17, 15) is 0 Å². The van der Waals surface area contributed by atoms with Crippen molar-refractivity contribution < 1.29 is 13.9 Å². The zero-order chi connectivity index (χ0) is 18.1. The van der Waals surface area contributed by atoms with Crippen LogP contribution < -0.4 is 9.47 Å². The summed E-state index contributed by atoms with van der Waals surface area (Å²) in [6.45, 7) is 5.41. The van der Waals surface area contributed by atoms with Crippen molar-refractivity contribution in [1.29, 1.82) is 0 Å². The maximum Gasteiger partial charge on any atom is 0.247 e. The molecule has 0 bridgehead atoms. The molecule has 0 spiro atoms. The van der Waals surface area contributed by atoms with Crippen molar-refractivity contribution >= 4 is 0 Å². The minimum Gasteiger partial charge on any atom is -0.454 e. The molecule has 5 rings (SSSR count). The van der Waals surface area contributed by atoms with E-state index in [4.69, 9.17) is 13.9 Å². The molecule has 27 heavy (non-hydrogen) atoms. The highest BCUT2D eigenvalue weighted by Crippen LogP contribution is 2.35. The Bertz CT molecular complexity index is 779. The van der Waals surface area contributed by atoms with Crippen LogP contribution in [-0.2, 0) is 6.54 Å². The van der Waals surface area contributed by atoms with E-state index in [1.165, 1.54) is 32.1 Å². The second-order valence-corrected chi connectivity index (χ2v) is 7.67. The summed E-state index contributed by atoms with van der Waals surface area (Å²) >= 11 is 0. The molecular weight excluding hydrogens is 344 g/mol. The molecule has 2 fully saturated rings. The van der Waals surface area contributed by atoms with E-state index in [2.05, 4.69) is 20.0 Å². The minimum atomic E-state index is 0.265. The average molecular weight is 370 g/mol. The van der Waals surface area contributed by atoms with Crippen LogP contribution in [-0.4, -0.2) is 59.0 Å². The van der Waals surface area contributed by atoms with E-state index in [0.29, 0.717) is 11.8 Å². The Kier molecular flexibility index (Phi) is 4.71. The fourth-order valence-electron chi connectivity index (χ4n) is 4.39. The number of ether oxygens (including phenoxy) is 2. The molecule has 1 aliphatic carbocycles. The van der Waals surface area contributed by atoms with Gasteiger partial charge in [0.05, 0.1) is 6.54 Å². The summed E-state index contributed by atoms with van der Waals surface area (Å²) in [5.41, 5.74) is 0.861. The molecule has 0 radical (unpaired) electrons. The van der Waals surface area contributed by atoms with Gasteiger partial charge in [-0.15, -0.1) is 10.2 Å². The first-order valence-electron chi connectivity index (χ1n) is 10.0. The Hall–Kier alpha value is -2.12. The van der Waals surface area contributed by atoms with Crippen molar-refractivity contribution in [3.05, 3.63) is 24.1 Å². The third-order valence-electron chi connectivity index (χ3n) is 5.94. The highest BCUT2D eigenvalue weighted by Gasteiger charge is 2.26. The van der Waals surface area contributed by atoms with Gasteiger partial charge in [0.1, 0.15) is 0 Å². The Morgan fingerprint density at radius 3 is 2.59 bits per heavy atom. The predicted octanol–water partition coefficient (Wildman–Crippen LogP) is 2.92. The highest BCUT2D eigenvalue weighted by molar-refractivity contribution is 5.60. The van der Waals surface area contributed by atoms with Gasteiger partial charge in [0.25, 0.3) is 0 Å². The van der Waals surface area contributed by atoms with Crippen molar-refractivity contribution in [2.75, 3.05) is 33.0 Å². The second-order valence-electron chi connectivity index (χ2n) is 7.67. The third-order valence-corrected chi connectivity index (χ3v) is 5.94. The molecule has 2 aromatic rings. The Labute approximate surface area is 159 Å². The molecule has 2 aliphatic heterocycles. The number of hydrogen-bond acceptors (Lipinski definition) is 7. The van der Waals surface area contributed by atoms with E-state index < -0.39 is 0 Å². The summed E-state index contributed by atoms with van der Waals surface area (Å²) in [5.74, 6) is 2.69. The van der Waals surface area contributed by atoms with E-state index in [1.54, 1.807) is 0 Å². The Morgan fingerprint density at radius 2 is 1.74 bits per heavy atom. The fourth-order valence-corrected chi connectivity index (χ4v) is 4.39. The first-order valence-corrected chi connectivity index (χ1v) is 10.0. The van der Waals surface area contributed by atoms with Gasteiger partial charge in [0.15, 0.2) is 11.5 Å². The summed E-state index contributed by atoms with van der Waals surface area (Å²) < 4.78 is 16.7. The molecule has 0 unspecified atom stereocenters. The van der Waals surface area contributed by atoms with Gasteiger partial charge in [-0.2, -0.15) is 0 Å². The predicted molar refractivity (Wildman–Crippen MR) is 99.6 cm³/mol. The van der Waals surface area contributed by atoms with Crippen LogP contribution in [0.5, 0.6) is 11.5 Å². The molecule has 0 amide bonds. The second kappa shape index (κ2) is 7.48. The van der Waals surface area contributed by atoms with Crippen LogP contribution in [0, 0.1) is 0 Å². The lowest BCUT2D eigenvalue weighted by atomic mass is 9.94. The van der Waals surface area contributed by atoms with Gasteiger partial charge in [-0.05, 0) is 31.0 Å². The first kappa shape index (κ1) is 17.0. The lowest BCUT2D eigenvalue weighted by molar-refractivity contribution is 0.0714. The lowest BCUT2D eigenvalue weighted by Crippen LogP contribution is -2.50. The summed E-state index contributed by atoms with van der Waals surface area (Å²) in [4.78, 5) is 5.10. The van der Waals surface area contributed by atoms with Gasteiger partial charge in [-0.25, -0.2) is 0 Å². The van der Waals surface area contributed by atoms with E-state index >= 15 is 0 Å². The van der Waals surface area contributed by atoms with E-state index in [1.807, 2.05) is 18.2 Å². The van der Waals surface area contributed by atoms with Crippen molar-refractivity contribution in [3.8, 4) is 23.0 Å². The molecule has 1 saturated carbocycles. The molecule has 1 aromatic heterocycles. The van der Waals surface area contributed by atoms with Gasteiger partial charge in [0, 0.05) is 37.8 Å². The van der Waals surface area contributed by atoms with Crippen LogP contribution in [0.25, 0.3) is 11.5 Å². The third kappa shape index (κ3) is 3.66. The van der Waals surface area contributed by atoms with Crippen LogP contribution >= 0.6 is 0 Å². The quantitative estimate of drug-likeness (QED) is 0.820. The van der Waals surface area contributed by atoms with Crippen LogP contribution in [0.15, 0.2) is 22.6 Å². The number of piperazine rings is 1. The molecule has 3 aliphatic rings. The zero-order valence-corrected chi connectivity index (χ0v) is 15.6. The molecule has 1 saturated heterocycles. The summed E-state index contributed by atoms with van der Waals surface area (Å²) in [6.07, 6.45) is 6.97. The summed E-state index contributed by atoms with van der Waals surface area (Å²) in [6, 6.07) is 6.50. The molecule has 7 nitrogen and oxygen atoms in total. The monoisotopic (exact) mass is 370 g/mol. The number of nitrogens with zero attached hydrogens (tertiary/aromatic N) is 4. The van der Waals surface area contributed by atoms with Gasteiger partial charge in [-0.3, -0.25) is 9.80 Å². The molecule has 0 N–H and O–H groups in total. The molecule has 7 heteroatoms. The number of rotatable bonds is 4. The van der Waals surface area contributed by atoms with E-state index in [-0.39, 0.29) is 6.79 Å². The van der Waals surface area contributed by atoms with Gasteiger partial charge in [0.2, 0.25) is 18.6 Å². The zero-order valence-electron chi connectivity index (χ0n) is 15.6. The molecule has 1 aromatic carbocycles. The van der Waals surface area contributed by atoms with E-state index in [0.717, 1.165) is 55.8 Å². The number of benzene rings is 1. The maximum absolute atomic E-state index is 5.90. The van der Waals surface area contributed by atoms with Gasteiger partial charge >= 0.3 is 0 Å². The maximum atomic E-state index is 5.90. The standard InChI is InChI=1S/C20H26N4O3/c1-2-4-16(5-3-1)24-10-8-23(9-11-24)13-19-21-22-20(27-19)15-6-7-17-18(12-15)26-14-25-17/h6-7,12,16H,1-5,8-11,13-14H2. The van der Waals surface area contributed by atoms with Crippen molar-refractivity contribution in [2.45, 2.75) is 44.7 Å². The largest absolute Gasteiger partial charge is 0.454 e. The number of hydrogen-bond donors (Lipinski definition) is 0. The normalized spacial score (nSPS) is 21.6. The van der Waals surface area contributed by atoms with Crippen LogP contribution in [0.4, 0.5) is 0 Å². The summed E-state index contributed by atoms with van der Waals surface area (Å²) in [7, 11) is 0. The Balaban J connectivity index is 1.18. The van der Waals surface area contributed by atoms with Crippen molar-refractivity contribution in [1.82, 2.24) is 20.0 Å². The summed E-state index contributed by atoms with van der Waals surface area (Å²) in [5, 5.41) is 8.46. The topological polar surface area (TPSA) is 63.9 Å². The molecule has 144 valence electrons. The number of fused-ring (bicyclic) bond motifs is 1. The van der Waals surface area contributed by atoms with Gasteiger partial charge in [-0.1, -0.05) is 19.3 Å². The van der Waals surface area contributed by atoms with Gasteiger partial charge < -0.3 is 13.9 Å². The first-order chi connectivity index (χ1) is 13.3. The number of aromatic nitrogens is 2. The Morgan fingerprint density at radius 1 is 0.926 bits per heavy atom. The fraction of sp³-hybridized carbons (Fsp3) is 0.600. The highest BCUT2D eigenvalue weighted by atomic mass is 16.7. The molecule has 0 atom stereocenters. The van der Waals surface area contributed by atoms with Crippen LogP contribution in [0.2, 0.25) is 0 Å². The lowest BCUT2D eigenvalue weighted by Gasteiger charge is -2.40. The average Bonchev–Trinajstić information content (AvgIpc) is 3.38. The van der Waals surface area contributed by atoms with Crippen molar-refractivity contribution in [2.24, 2.45) is 0 Å². The SMILES string of the molecule is c1cc2c(cc1-c1nnc(CN3CCN(C4CCCCC4)CC3)o1)OCO2.